The van der Waals surface area contributed by atoms with Gasteiger partial charge < -0.3 is 9.73 Å². The van der Waals surface area contributed by atoms with Gasteiger partial charge >= 0.3 is 0 Å². The molecule has 0 radical (unpaired) electrons. The molecule has 6 heteroatoms. The highest BCUT2D eigenvalue weighted by atomic mass is 79.9. The van der Waals surface area contributed by atoms with Crippen LogP contribution in [-0.4, -0.2) is 17.2 Å². The Hall–Kier alpha value is -0.720. The normalized spacial score (nSPS) is 12.7. The molecule has 1 atom stereocenters. The van der Waals surface area contributed by atoms with E-state index in [1.165, 1.54) is 0 Å². The van der Waals surface area contributed by atoms with E-state index in [-0.39, 0.29) is 6.04 Å². The maximum atomic E-state index is 5.71. The van der Waals surface area contributed by atoms with Crippen molar-refractivity contribution in [2.24, 2.45) is 0 Å². The Labute approximate surface area is 122 Å². The third kappa shape index (κ3) is 2.81. The predicted molar refractivity (Wildman–Crippen MR) is 77.2 cm³/mol. The van der Waals surface area contributed by atoms with Crippen molar-refractivity contribution < 1.29 is 4.42 Å². The van der Waals surface area contributed by atoms with Crippen molar-refractivity contribution >= 4 is 31.9 Å². The second-order valence-electron chi connectivity index (χ2n) is 3.82. The van der Waals surface area contributed by atoms with Gasteiger partial charge in [-0.05, 0) is 47.6 Å². The van der Waals surface area contributed by atoms with Crippen LogP contribution in [0.15, 0.2) is 31.6 Å². The number of aromatic nitrogens is 2. The summed E-state index contributed by atoms with van der Waals surface area (Å²) in [5.41, 5.74) is 0.883. The van der Waals surface area contributed by atoms with Crippen LogP contribution >= 0.6 is 31.9 Å². The number of halogens is 2. The molecule has 0 aliphatic carbocycles. The number of benzene rings is 1. The molecule has 2 aromatic rings. The number of hydrogen-bond acceptors (Lipinski definition) is 4. The molecule has 18 heavy (non-hydrogen) atoms. The van der Waals surface area contributed by atoms with Crippen LogP contribution < -0.4 is 5.32 Å². The fraction of sp³-hybridized carbons (Fsp3) is 0.333. The molecule has 0 aliphatic rings. The molecule has 0 saturated carbocycles. The minimum absolute atomic E-state index is 0.0946. The van der Waals surface area contributed by atoms with E-state index >= 15 is 0 Å². The van der Waals surface area contributed by atoms with Crippen molar-refractivity contribution in [2.45, 2.75) is 19.4 Å². The van der Waals surface area contributed by atoms with E-state index in [0.29, 0.717) is 11.8 Å². The van der Waals surface area contributed by atoms with Crippen LogP contribution in [0.25, 0.3) is 11.5 Å². The molecule has 0 amide bonds. The topological polar surface area (TPSA) is 51.0 Å². The highest BCUT2D eigenvalue weighted by Crippen LogP contribution is 2.31. The molecule has 1 N–H and O–H groups in total. The summed E-state index contributed by atoms with van der Waals surface area (Å²) < 4.78 is 7.62. The van der Waals surface area contributed by atoms with E-state index in [1.54, 1.807) is 0 Å². The molecule has 1 heterocycles. The second-order valence-corrected chi connectivity index (χ2v) is 5.59. The first-order valence-electron chi connectivity index (χ1n) is 5.61. The Balaban J connectivity index is 2.37. The summed E-state index contributed by atoms with van der Waals surface area (Å²) in [4.78, 5) is 0. The van der Waals surface area contributed by atoms with Gasteiger partial charge in [-0.2, -0.15) is 0 Å². The summed E-state index contributed by atoms with van der Waals surface area (Å²) in [7, 11) is 1.88. The molecule has 1 aromatic carbocycles. The quantitative estimate of drug-likeness (QED) is 0.880. The van der Waals surface area contributed by atoms with E-state index in [4.69, 9.17) is 4.42 Å². The lowest BCUT2D eigenvalue weighted by Crippen LogP contribution is -2.15. The molecule has 0 spiro atoms. The highest BCUT2D eigenvalue weighted by molar-refractivity contribution is 9.11. The molecule has 96 valence electrons. The standard InChI is InChI=1S/C12H13Br2N3O/c1-3-10(15-2)12-17-16-11(18-12)8-6-7(13)4-5-9(8)14/h4-6,10,15H,3H2,1-2H3. The molecule has 1 unspecified atom stereocenters. The van der Waals surface area contributed by atoms with E-state index in [0.717, 1.165) is 20.9 Å². The first kappa shape index (κ1) is 13.7. The molecule has 0 saturated heterocycles. The fourth-order valence-corrected chi connectivity index (χ4v) is 2.43. The Kier molecular flexibility index (Phi) is 4.53. The minimum atomic E-state index is 0.0946. The summed E-state index contributed by atoms with van der Waals surface area (Å²) >= 11 is 6.92. The summed E-state index contributed by atoms with van der Waals surface area (Å²) in [5.74, 6) is 1.13. The van der Waals surface area contributed by atoms with Crippen LogP contribution in [-0.2, 0) is 0 Å². The second kappa shape index (κ2) is 5.95. The van der Waals surface area contributed by atoms with Gasteiger partial charge in [0.05, 0.1) is 11.6 Å². The van der Waals surface area contributed by atoms with Crippen LogP contribution in [0, 0.1) is 0 Å². The van der Waals surface area contributed by atoms with Gasteiger partial charge in [-0.25, -0.2) is 0 Å². The van der Waals surface area contributed by atoms with Crippen molar-refractivity contribution in [3.63, 3.8) is 0 Å². The lowest BCUT2D eigenvalue weighted by atomic mass is 10.2. The van der Waals surface area contributed by atoms with E-state index in [1.807, 2.05) is 25.2 Å². The highest BCUT2D eigenvalue weighted by Gasteiger charge is 2.17. The van der Waals surface area contributed by atoms with E-state index < -0.39 is 0 Å². The average Bonchev–Trinajstić information content (AvgIpc) is 2.83. The van der Waals surface area contributed by atoms with Crippen LogP contribution in [0.1, 0.15) is 25.3 Å². The molecule has 1 aromatic heterocycles. The van der Waals surface area contributed by atoms with Gasteiger partial charge in [-0.1, -0.05) is 22.9 Å². The molecule has 4 nitrogen and oxygen atoms in total. The first-order valence-corrected chi connectivity index (χ1v) is 7.20. The summed E-state index contributed by atoms with van der Waals surface area (Å²) in [6, 6.07) is 5.94. The van der Waals surface area contributed by atoms with E-state index in [2.05, 4.69) is 54.3 Å². The van der Waals surface area contributed by atoms with Gasteiger partial charge in [-0.15, -0.1) is 10.2 Å². The minimum Gasteiger partial charge on any atom is -0.419 e. The monoisotopic (exact) mass is 373 g/mol. The molecule has 0 bridgehead atoms. The fourth-order valence-electron chi connectivity index (χ4n) is 1.65. The Bertz CT molecular complexity index is 538. The zero-order chi connectivity index (χ0) is 13.1. The predicted octanol–water partition coefficient (Wildman–Crippen LogP) is 3.93. The van der Waals surface area contributed by atoms with Crippen LogP contribution in [0.2, 0.25) is 0 Å². The van der Waals surface area contributed by atoms with Crippen molar-refractivity contribution in [3.8, 4) is 11.5 Å². The van der Waals surface area contributed by atoms with Gasteiger partial charge in [0, 0.05) is 8.95 Å². The molecule has 0 fully saturated rings. The smallest absolute Gasteiger partial charge is 0.249 e. The van der Waals surface area contributed by atoms with Gasteiger partial charge in [-0.3, -0.25) is 0 Å². The van der Waals surface area contributed by atoms with Gasteiger partial charge in [0.2, 0.25) is 11.8 Å². The average molecular weight is 375 g/mol. The van der Waals surface area contributed by atoms with Gasteiger partial charge in [0.1, 0.15) is 0 Å². The summed E-state index contributed by atoms with van der Waals surface area (Å²) in [6.45, 7) is 2.07. The Morgan fingerprint density at radius 3 is 2.78 bits per heavy atom. The van der Waals surface area contributed by atoms with Crippen LogP contribution in [0.4, 0.5) is 0 Å². The van der Waals surface area contributed by atoms with Crippen molar-refractivity contribution in [1.29, 1.82) is 0 Å². The maximum absolute atomic E-state index is 5.71. The summed E-state index contributed by atoms with van der Waals surface area (Å²) in [5, 5.41) is 11.3. The molecular formula is C12H13Br2N3O. The third-order valence-electron chi connectivity index (χ3n) is 2.65. The van der Waals surface area contributed by atoms with Crippen molar-refractivity contribution in [2.75, 3.05) is 7.05 Å². The van der Waals surface area contributed by atoms with E-state index in [9.17, 15) is 0 Å². The maximum Gasteiger partial charge on any atom is 0.249 e. The van der Waals surface area contributed by atoms with Gasteiger partial charge in [0.25, 0.3) is 0 Å². The Morgan fingerprint density at radius 2 is 2.11 bits per heavy atom. The zero-order valence-electron chi connectivity index (χ0n) is 10.1. The first-order chi connectivity index (χ1) is 8.65. The third-order valence-corrected chi connectivity index (χ3v) is 3.84. The Morgan fingerprint density at radius 1 is 1.33 bits per heavy atom. The number of rotatable bonds is 4. The molecular weight excluding hydrogens is 362 g/mol. The SMILES string of the molecule is CCC(NC)c1nnc(-c2cc(Br)ccc2Br)o1. The number of nitrogens with one attached hydrogen (secondary N) is 1. The number of nitrogens with zero attached hydrogens (tertiary/aromatic N) is 2. The number of hydrogen-bond donors (Lipinski definition) is 1. The van der Waals surface area contributed by atoms with Crippen LogP contribution in [0.5, 0.6) is 0 Å². The molecule has 2 rings (SSSR count). The lowest BCUT2D eigenvalue weighted by molar-refractivity contribution is 0.415. The van der Waals surface area contributed by atoms with Crippen molar-refractivity contribution in [3.05, 3.63) is 33.0 Å². The van der Waals surface area contributed by atoms with Crippen molar-refractivity contribution in [1.82, 2.24) is 15.5 Å². The largest absolute Gasteiger partial charge is 0.419 e. The zero-order valence-corrected chi connectivity index (χ0v) is 13.2. The molecule has 0 aliphatic heterocycles. The van der Waals surface area contributed by atoms with Gasteiger partial charge in [0.15, 0.2) is 0 Å². The summed E-state index contributed by atoms with van der Waals surface area (Å²) in [6.07, 6.45) is 0.901. The van der Waals surface area contributed by atoms with Crippen LogP contribution in [0.3, 0.4) is 0 Å². The lowest BCUT2D eigenvalue weighted by Gasteiger charge is -2.07.